The largest absolute Gasteiger partial charge is 0.394 e. The molecular weight excluding hydrogens is 329 g/mol. The molecule has 20 heavy (non-hydrogen) atoms. The van der Waals surface area contributed by atoms with Gasteiger partial charge in [-0.1, -0.05) is 0 Å². The summed E-state index contributed by atoms with van der Waals surface area (Å²) in [7, 11) is 0. The zero-order valence-electron chi connectivity index (χ0n) is 11.4. The molecule has 1 fully saturated rings. The Hall–Kier alpha value is -0.980. The fraction of sp³-hybridized carbons (Fsp3) is 0.500. The van der Waals surface area contributed by atoms with E-state index in [1.165, 1.54) is 18.2 Å². The minimum Gasteiger partial charge on any atom is -0.394 e. The van der Waals surface area contributed by atoms with E-state index in [0.29, 0.717) is 23.1 Å². The number of rotatable bonds is 2. The van der Waals surface area contributed by atoms with Crippen LogP contribution in [-0.2, 0) is 4.74 Å². The molecule has 1 N–H and O–H groups in total. The molecule has 0 bridgehead atoms. The molecule has 6 heteroatoms. The zero-order valence-corrected chi connectivity index (χ0v) is 13.0. The summed E-state index contributed by atoms with van der Waals surface area (Å²) in [6.07, 6.45) is -0.401. The lowest BCUT2D eigenvalue weighted by Gasteiger charge is -2.42. The first-order valence-electron chi connectivity index (χ1n) is 6.35. The average Bonchev–Trinajstić information content (AvgIpc) is 2.36. The van der Waals surface area contributed by atoms with Crippen molar-refractivity contribution >= 4 is 21.8 Å². The van der Waals surface area contributed by atoms with Crippen molar-refractivity contribution < 1.29 is 19.0 Å². The van der Waals surface area contributed by atoms with Gasteiger partial charge in [0.05, 0.1) is 23.9 Å². The molecule has 0 saturated carbocycles. The van der Waals surface area contributed by atoms with Crippen LogP contribution in [-0.4, -0.2) is 47.3 Å². The Balaban J connectivity index is 2.23. The number of carbonyl (C=O) groups is 1. The Bertz CT molecular complexity index is 521. The monoisotopic (exact) mass is 345 g/mol. The molecule has 110 valence electrons. The van der Waals surface area contributed by atoms with Crippen molar-refractivity contribution in [1.29, 1.82) is 0 Å². The van der Waals surface area contributed by atoms with Gasteiger partial charge in [-0.2, -0.15) is 0 Å². The lowest BCUT2D eigenvalue weighted by Crippen LogP contribution is -2.55. The number of aliphatic hydroxyl groups is 1. The normalized spacial score (nSPS) is 21.9. The summed E-state index contributed by atoms with van der Waals surface area (Å²) in [5.74, 6) is -0.601. The standard InChI is InChI=1S/C14H17BrFNO3/c1-14(2)8-17(6-10(7-18)20-14)13(19)11-4-3-9(16)5-12(11)15/h3-5,10,18H,6-8H2,1-2H3. The summed E-state index contributed by atoms with van der Waals surface area (Å²) in [6.45, 7) is 4.34. The lowest BCUT2D eigenvalue weighted by atomic mass is 10.0. The van der Waals surface area contributed by atoms with Crippen LogP contribution in [0.3, 0.4) is 0 Å². The van der Waals surface area contributed by atoms with Crippen molar-refractivity contribution in [1.82, 2.24) is 4.90 Å². The van der Waals surface area contributed by atoms with Gasteiger partial charge in [0.15, 0.2) is 0 Å². The molecule has 1 saturated heterocycles. The molecule has 1 amide bonds. The van der Waals surface area contributed by atoms with E-state index < -0.39 is 17.5 Å². The van der Waals surface area contributed by atoms with Gasteiger partial charge in [0.2, 0.25) is 0 Å². The second-order valence-corrected chi connectivity index (χ2v) is 6.35. The predicted molar refractivity (Wildman–Crippen MR) is 76.0 cm³/mol. The summed E-state index contributed by atoms with van der Waals surface area (Å²) in [5, 5.41) is 9.26. The molecule has 1 aromatic rings. The molecule has 1 heterocycles. The Kier molecular flexibility index (Phi) is 4.46. The Morgan fingerprint density at radius 3 is 2.90 bits per heavy atom. The second-order valence-electron chi connectivity index (χ2n) is 5.49. The minimum absolute atomic E-state index is 0.141. The molecule has 1 aliphatic rings. The third-order valence-corrected chi connectivity index (χ3v) is 3.79. The molecule has 0 radical (unpaired) electrons. The highest BCUT2D eigenvalue weighted by atomic mass is 79.9. The molecule has 1 aliphatic heterocycles. The number of hydrogen-bond donors (Lipinski definition) is 1. The molecule has 0 aromatic heterocycles. The van der Waals surface area contributed by atoms with Gasteiger partial charge in [-0.3, -0.25) is 4.79 Å². The van der Waals surface area contributed by atoms with Crippen LogP contribution < -0.4 is 0 Å². The summed E-state index contributed by atoms with van der Waals surface area (Å²) < 4.78 is 19.2. The number of morpholine rings is 1. The minimum atomic E-state index is -0.520. The van der Waals surface area contributed by atoms with Gasteiger partial charge >= 0.3 is 0 Å². The zero-order chi connectivity index (χ0) is 14.9. The molecule has 0 spiro atoms. The summed E-state index contributed by atoms with van der Waals surface area (Å²) in [4.78, 5) is 14.1. The number of amides is 1. The van der Waals surface area contributed by atoms with Gasteiger partial charge in [0.1, 0.15) is 5.82 Å². The third-order valence-electron chi connectivity index (χ3n) is 3.13. The Morgan fingerprint density at radius 1 is 1.60 bits per heavy atom. The number of nitrogens with zero attached hydrogens (tertiary/aromatic N) is 1. The maximum Gasteiger partial charge on any atom is 0.255 e. The van der Waals surface area contributed by atoms with Gasteiger partial charge in [-0.15, -0.1) is 0 Å². The maximum atomic E-state index is 13.1. The fourth-order valence-corrected chi connectivity index (χ4v) is 2.90. The van der Waals surface area contributed by atoms with Crippen LogP contribution >= 0.6 is 15.9 Å². The van der Waals surface area contributed by atoms with Crippen LogP contribution in [0.1, 0.15) is 24.2 Å². The Labute approximate surface area is 125 Å². The lowest BCUT2D eigenvalue weighted by molar-refractivity contribution is -0.139. The quantitative estimate of drug-likeness (QED) is 0.893. The Morgan fingerprint density at radius 2 is 2.30 bits per heavy atom. The summed E-state index contributed by atoms with van der Waals surface area (Å²) >= 11 is 3.21. The fourth-order valence-electron chi connectivity index (χ4n) is 2.38. The molecular formula is C14H17BrFNO3. The van der Waals surface area contributed by atoms with Crippen LogP contribution in [0.25, 0.3) is 0 Å². The highest BCUT2D eigenvalue weighted by molar-refractivity contribution is 9.10. The van der Waals surface area contributed by atoms with E-state index in [1.54, 1.807) is 4.90 Å². The van der Waals surface area contributed by atoms with Crippen molar-refractivity contribution in [3.8, 4) is 0 Å². The first-order valence-corrected chi connectivity index (χ1v) is 7.15. The average molecular weight is 346 g/mol. The van der Waals surface area contributed by atoms with E-state index in [0.717, 1.165) is 0 Å². The molecule has 0 aliphatic carbocycles. The molecule has 2 rings (SSSR count). The van der Waals surface area contributed by atoms with Crippen molar-refractivity contribution in [2.24, 2.45) is 0 Å². The first-order chi connectivity index (χ1) is 9.32. The molecule has 1 aromatic carbocycles. The van der Waals surface area contributed by atoms with Gasteiger partial charge in [0.25, 0.3) is 5.91 Å². The van der Waals surface area contributed by atoms with E-state index in [2.05, 4.69) is 15.9 Å². The molecule has 1 atom stereocenters. The van der Waals surface area contributed by atoms with Gasteiger partial charge in [0, 0.05) is 17.6 Å². The third kappa shape index (κ3) is 3.37. The first kappa shape index (κ1) is 15.4. The number of carbonyl (C=O) groups excluding carboxylic acids is 1. The number of aliphatic hydroxyl groups excluding tert-OH is 1. The van der Waals surface area contributed by atoms with E-state index in [-0.39, 0.29) is 12.5 Å². The van der Waals surface area contributed by atoms with Crippen molar-refractivity contribution in [2.75, 3.05) is 19.7 Å². The second kappa shape index (κ2) is 5.79. The molecule has 4 nitrogen and oxygen atoms in total. The van der Waals surface area contributed by atoms with Crippen LogP contribution in [0, 0.1) is 5.82 Å². The highest BCUT2D eigenvalue weighted by Gasteiger charge is 2.36. The van der Waals surface area contributed by atoms with Crippen LogP contribution in [0.2, 0.25) is 0 Å². The topological polar surface area (TPSA) is 49.8 Å². The number of benzene rings is 1. The van der Waals surface area contributed by atoms with E-state index in [9.17, 15) is 14.3 Å². The van der Waals surface area contributed by atoms with E-state index >= 15 is 0 Å². The smallest absolute Gasteiger partial charge is 0.255 e. The molecule has 1 unspecified atom stereocenters. The van der Waals surface area contributed by atoms with E-state index in [4.69, 9.17) is 4.74 Å². The van der Waals surface area contributed by atoms with Crippen LogP contribution in [0.4, 0.5) is 4.39 Å². The number of hydrogen-bond acceptors (Lipinski definition) is 3. The summed E-state index contributed by atoms with van der Waals surface area (Å²) in [5.41, 5.74) is -0.117. The van der Waals surface area contributed by atoms with Crippen molar-refractivity contribution in [3.05, 3.63) is 34.1 Å². The SMILES string of the molecule is CC1(C)CN(C(=O)c2ccc(F)cc2Br)CC(CO)O1. The predicted octanol–water partition coefficient (Wildman–Crippen LogP) is 2.20. The van der Waals surface area contributed by atoms with Crippen molar-refractivity contribution in [3.63, 3.8) is 0 Å². The van der Waals surface area contributed by atoms with E-state index in [1.807, 2.05) is 13.8 Å². The van der Waals surface area contributed by atoms with Crippen LogP contribution in [0.5, 0.6) is 0 Å². The summed E-state index contributed by atoms with van der Waals surface area (Å²) in [6, 6.07) is 3.98. The number of ether oxygens (including phenoxy) is 1. The van der Waals surface area contributed by atoms with Crippen LogP contribution in [0.15, 0.2) is 22.7 Å². The van der Waals surface area contributed by atoms with Gasteiger partial charge in [-0.25, -0.2) is 4.39 Å². The van der Waals surface area contributed by atoms with Crippen molar-refractivity contribution in [2.45, 2.75) is 25.6 Å². The highest BCUT2D eigenvalue weighted by Crippen LogP contribution is 2.25. The van der Waals surface area contributed by atoms with Gasteiger partial charge < -0.3 is 14.7 Å². The van der Waals surface area contributed by atoms with Gasteiger partial charge in [-0.05, 0) is 48.0 Å². The maximum absolute atomic E-state index is 13.1. The number of halogens is 2.